The molecule has 4 unspecified atom stereocenters. The fraction of sp³-hybridized carbons (Fsp3) is 0.947. The molecule has 2 heterocycles. The second-order valence-electron chi connectivity index (χ2n) is 8.10. The minimum atomic E-state index is -0.251. The molecule has 2 saturated heterocycles. The number of hydrogen-bond donors (Lipinski definition) is 2. The van der Waals surface area contributed by atoms with E-state index >= 15 is 0 Å². The van der Waals surface area contributed by atoms with Gasteiger partial charge in [-0.15, -0.1) is 12.4 Å². The van der Waals surface area contributed by atoms with Gasteiger partial charge in [0.1, 0.15) is 0 Å². The number of piperidine rings is 2. The minimum Gasteiger partial charge on any atom is -0.392 e. The van der Waals surface area contributed by atoms with E-state index in [0.29, 0.717) is 30.8 Å². The van der Waals surface area contributed by atoms with Crippen molar-refractivity contribution in [1.29, 1.82) is 0 Å². The van der Waals surface area contributed by atoms with E-state index in [4.69, 9.17) is 4.74 Å². The van der Waals surface area contributed by atoms with Gasteiger partial charge in [-0.3, -0.25) is 4.79 Å². The van der Waals surface area contributed by atoms with Crippen molar-refractivity contribution in [2.45, 2.75) is 64.6 Å². The van der Waals surface area contributed by atoms with Gasteiger partial charge in [-0.1, -0.05) is 6.92 Å². The quantitative estimate of drug-likeness (QED) is 0.774. The van der Waals surface area contributed by atoms with E-state index < -0.39 is 0 Å². The summed E-state index contributed by atoms with van der Waals surface area (Å²) in [5, 5.41) is 13.7. The Morgan fingerprint density at radius 2 is 2.12 bits per heavy atom. The van der Waals surface area contributed by atoms with E-state index in [1.54, 1.807) is 0 Å². The average molecular weight is 375 g/mol. The predicted molar refractivity (Wildman–Crippen MR) is 101 cm³/mol. The third-order valence-corrected chi connectivity index (χ3v) is 6.79. The zero-order valence-electron chi connectivity index (χ0n) is 15.7. The van der Waals surface area contributed by atoms with Gasteiger partial charge in [0.25, 0.3) is 0 Å². The maximum atomic E-state index is 12.7. The summed E-state index contributed by atoms with van der Waals surface area (Å²) in [7, 11) is 0. The van der Waals surface area contributed by atoms with Crippen LogP contribution in [0, 0.1) is 17.3 Å². The van der Waals surface area contributed by atoms with E-state index in [0.717, 1.165) is 45.4 Å². The normalized spacial score (nSPS) is 32.6. The van der Waals surface area contributed by atoms with E-state index in [1.165, 1.54) is 12.8 Å². The van der Waals surface area contributed by atoms with Crippen LogP contribution in [0.4, 0.5) is 0 Å². The molecule has 0 radical (unpaired) electrons. The molecule has 146 valence electrons. The molecule has 2 N–H and O–H groups in total. The number of halogens is 1. The number of nitrogens with one attached hydrogen (secondary N) is 1. The Labute approximate surface area is 158 Å². The molecule has 1 amide bonds. The lowest BCUT2D eigenvalue weighted by Crippen LogP contribution is -2.62. The largest absolute Gasteiger partial charge is 0.392 e. The molecule has 1 saturated carbocycles. The smallest absolute Gasteiger partial charge is 0.222 e. The summed E-state index contributed by atoms with van der Waals surface area (Å²) < 4.78 is 5.81. The molecule has 1 aliphatic carbocycles. The van der Waals surface area contributed by atoms with Gasteiger partial charge in [-0.2, -0.15) is 0 Å². The Bertz CT molecular complexity index is 432. The van der Waals surface area contributed by atoms with Crippen LogP contribution in [0.25, 0.3) is 0 Å². The highest BCUT2D eigenvalue weighted by Gasteiger charge is 2.56. The van der Waals surface area contributed by atoms with Crippen LogP contribution in [0.15, 0.2) is 0 Å². The molecule has 25 heavy (non-hydrogen) atoms. The molecule has 6 heteroatoms. The van der Waals surface area contributed by atoms with Gasteiger partial charge in [-0.25, -0.2) is 0 Å². The molecule has 1 spiro atoms. The van der Waals surface area contributed by atoms with Gasteiger partial charge >= 0.3 is 0 Å². The van der Waals surface area contributed by atoms with Crippen molar-refractivity contribution < 1.29 is 14.6 Å². The maximum Gasteiger partial charge on any atom is 0.222 e. The Kier molecular flexibility index (Phi) is 7.56. The van der Waals surface area contributed by atoms with Crippen molar-refractivity contribution in [1.82, 2.24) is 10.2 Å². The first-order chi connectivity index (χ1) is 11.6. The summed E-state index contributed by atoms with van der Waals surface area (Å²) in [6.45, 7) is 8.66. The molecule has 2 aliphatic heterocycles. The lowest BCUT2D eigenvalue weighted by Gasteiger charge is -2.56. The summed E-state index contributed by atoms with van der Waals surface area (Å²) in [5.74, 6) is 1.38. The lowest BCUT2D eigenvalue weighted by molar-refractivity contribution is -0.210. The zero-order chi connectivity index (χ0) is 17.2. The molecule has 0 aromatic carbocycles. The first-order valence-corrected chi connectivity index (χ1v) is 9.85. The van der Waals surface area contributed by atoms with Crippen LogP contribution in [-0.2, 0) is 9.53 Å². The van der Waals surface area contributed by atoms with Crippen molar-refractivity contribution >= 4 is 18.3 Å². The molecular formula is C19H35ClN2O3. The van der Waals surface area contributed by atoms with Crippen molar-refractivity contribution in [3.63, 3.8) is 0 Å². The Morgan fingerprint density at radius 3 is 2.68 bits per heavy atom. The second-order valence-corrected chi connectivity index (χ2v) is 8.10. The van der Waals surface area contributed by atoms with Crippen molar-refractivity contribution in [2.24, 2.45) is 17.3 Å². The van der Waals surface area contributed by atoms with Crippen LogP contribution < -0.4 is 5.32 Å². The number of likely N-dealkylation sites (tertiary alicyclic amines) is 1. The second kappa shape index (κ2) is 9.03. The number of carbonyl (C=O) groups is 1. The van der Waals surface area contributed by atoms with E-state index in [2.05, 4.69) is 12.2 Å². The summed E-state index contributed by atoms with van der Waals surface area (Å²) in [5.41, 5.74) is -0.0916. The molecule has 0 aromatic rings. The molecule has 4 atom stereocenters. The number of rotatable bonds is 5. The number of ether oxygens (including phenoxy) is 1. The average Bonchev–Trinajstić information content (AvgIpc) is 2.62. The Balaban J connectivity index is 0.00000225. The number of hydrogen-bond acceptors (Lipinski definition) is 4. The van der Waals surface area contributed by atoms with Gasteiger partial charge < -0.3 is 20.1 Å². The van der Waals surface area contributed by atoms with Crippen LogP contribution in [-0.4, -0.2) is 60.9 Å². The topological polar surface area (TPSA) is 61.8 Å². The van der Waals surface area contributed by atoms with Crippen LogP contribution in [0.5, 0.6) is 0 Å². The molecule has 3 aliphatic rings. The number of aliphatic hydroxyl groups excluding tert-OH is 1. The van der Waals surface area contributed by atoms with Crippen LogP contribution in [0.2, 0.25) is 0 Å². The number of nitrogens with zero attached hydrogens (tertiary/aromatic N) is 1. The molecule has 0 aromatic heterocycles. The maximum absolute atomic E-state index is 12.7. The highest BCUT2D eigenvalue weighted by Crippen LogP contribution is 2.51. The van der Waals surface area contributed by atoms with Crippen molar-refractivity contribution in [3.8, 4) is 0 Å². The standard InChI is InChI=1S/C19H34N2O3.ClH/c1-3-24-17-12-16(22)19(17)6-9-21(10-7-19)18(23)11-14(2)15-5-4-8-20-13-15;/h14-17,20,22H,3-13H2,1-2H3;1H. The SMILES string of the molecule is CCOC1CC(O)C12CCN(C(=O)CC(C)C1CCCNC1)CC2.Cl. The molecule has 0 bridgehead atoms. The van der Waals surface area contributed by atoms with Crippen LogP contribution in [0.1, 0.15) is 52.4 Å². The van der Waals surface area contributed by atoms with Crippen molar-refractivity contribution in [3.05, 3.63) is 0 Å². The third kappa shape index (κ3) is 4.32. The Hall–Kier alpha value is -0.360. The highest BCUT2D eigenvalue weighted by atomic mass is 35.5. The molecule has 3 rings (SSSR count). The first kappa shape index (κ1) is 20.9. The zero-order valence-corrected chi connectivity index (χ0v) is 16.5. The fourth-order valence-electron chi connectivity index (χ4n) is 4.92. The number of amides is 1. The summed E-state index contributed by atoms with van der Waals surface area (Å²) in [6.07, 6.45) is 5.58. The van der Waals surface area contributed by atoms with Gasteiger partial charge in [0, 0.05) is 38.0 Å². The minimum absolute atomic E-state index is 0. The van der Waals surface area contributed by atoms with Gasteiger partial charge in [0.2, 0.25) is 5.91 Å². The third-order valence-electron chi connectivity index (χ3n) is 6.79. The first-order valence-electron chi connectivity index (χ1n) is 9.85. The van der Waals surface area contributed by atoms with Gasteiger partial charge in [0.05, 0.1) is 12.2 Å². The van der Waals surface area contributed by atoms with E-state index in [9.17, 15) is 9.90 Å². The summed E-state index contributed by atoms with van der Waals surface area (Å²) >= 11 is 0. The molecular weight excluding hydrogens is 340 g/mol. The van der Waals surface area contributed by atoms with Gasteiger partial charge in [-0.05, 0) is 57.5 Å². The van der Waals surface area contributed by atoms with Crippen molar-refractivity contribution in [2.75, 3.05) is 32.8 Å². The Morgan fingerprint density at radius 1 is 1.40 bits per heavy atom. The summed E-state index contributed by atoms with van der Waals surface area (Å²) in [6, 6.07) is 0. The van der Waals surface area contributed by atoms with Crippen LogP contribution >= 0.6 is 12.4 Å². The van der Waals surface area contributed by atoms with E-state index in [-0.39, 0.29) is 30.0 Å². The number of aliphatic hydroxyl groups is 1. The molecule has 5 nitrogen and oxygen atoms in total. The summed E-state index contributed by atoms with van der Waals surface area (Å²) in [4.78, 5) is 14.7. The predicted octanol–water partition coefficient (Wildman–Crippen LogP) is 2.21. The fourth-order valence-corrected chi connectivity index (χ4v) is 4.92. The monoisotopic (exact) mass is 374 g/mol. The number of carbonyl (C=O) groups excluding carboxylic acids is 1. The highest BCUT2D eigenvalue weighted by molar-refractivity contribution is 5.85. The van der Waals surface area contributed by atoms with Crippen LogP contribution in [0.3, 0.4) is 0 Å². The lowest BCUT2D eigenvalue weighted by atomic mass is 9.58. The van der Waals surface area contributed by atoms with E-state index in [1.807, 2.05) is 11.8 Å². The van der Waals surface area contributed by atoms with Gasteiger partial charge in [0.15, 0.2) is 0 Å². The molecule has 3 fully saturated rings.